The van der Waals surface area contributed by atoms with Crippen molar-refractivity contribution in [2.75, 3.05) is 13.2 Å². The first-order valence-corrected chi connectivity index (χ1v) is 33.2. The molecule has 0 aromatic carbocycles. The lowest BCUT2D eigenvalue weighted by Crippen LogP contribution is -2.60. The molecule has 0 bridgehead atoms. The fourth-order valence-corrected chi connectivity index (χ4v) is 11.2. The molecule has 0 aliphatic carbocycles. The minimum Gasteiger partial charge on any atom is -0.394 e. The van der Waals surface area contributed by atoms with Crippen molar-refractivity contribution in [2.45, 2.75) is 397 Å². The van der Waals surface area contributed by atoms with Crippen molar-refractivity contribution < 1.29 is 39.8 Å². The molecule has 1 amide bonds. The maximum Gasteiger partial charge on any atom is 0.220 e. The third-order valence-electron chi connectivity index (χ3n) is 16.5. The summed E-state index contributed by atoms with van der Waals surface area (Å²) in [6.45, 7) is 3.89. The van der Waals surface area contributed by atoms with Crippen LogP contribution >= 0.6 is 0 Å². The molecule has 1 aliphatic rings. The Morgan fingerprint density at radius 2 is 0.676 bits per heavy atom. The van der Waals surface area contributed by atoms with Crippen molar-refractivity contribution in [3.8, 4) is 0 Å². The van der Waals surface area contributed by atoms with E-state index in [1.165, 1.54) is 289 Å². The van der Waals surface area contributed by atoms with Gasteiger partial charge in [-0.05, 0) is 12.8 Å². The van der Waals surface area contributed by atoms with E-state index < -0.39 is 49.5 Å². The van der Waals surface area contributed by atoms with Crippen LogP contribution in [0.15, 0.2) is 0 Å². The van der Waals surface area contributed by atoms with Crippen LogP contribution in [-0.4, -0.2) is 87.5 Å². The number of nitrogens with one attached hydrogen (secondary N) is 1. The van der Waals surface area contributed by atoms with Crippen LogP contribution in [0.1, 0.15) is 354 Å². The fourth-order valence-electron chi connectivity index (χ4n) is 11.2. The zero-order valence-corrected chi connectivity index (χ0v) is 49.4. The van der Waals surface area contributed by atoms with E-state index in [9.17, 15) is 30.3 Å². The van der Waals surface area contributed by atoms with Crippen LogP contribution in [0.4, 0.5) is 0 Å². The molecular formula is C65H129NO8. The van der Waals surface area contributed by atoms with Gasteiger partial charge in [0.2, 0.25) is 5.91 Å². The summed E-state index contributed by atoms with van der Waals surface area (Å²) in [5.74, 6) is -0.135. The summed E-state index contributed by atoms with van der Waals surface area (Å²) in [5, 5.41) is 54.8. The lowest BCUT2D eigenvalue weighted by molar-refractivity contribution is -0.302. The van der Waals surface area contributed by atoms with Crippen molar-refractivity contribution in [1.82, 2.24) is 5.32 Å². The molecule has 7 unspecified atom stereocenters. The Labute approximate surface area is 459 Å². The predicted molar refractivity (Wildman–Crippen MR) is 314 cm³/mol. The zero-order chi connectivity index (χ0) is 53.6. The molecule has 1 fully saturated rings. The Hall–Kier alpha value is -0.810. The van der Waals surface area contributed by atoms with E-state index in [4.69, 9.17) is 9.47 Å². The standard InChI is InChI=1S/C65H129NO8/c1-3-5-7-9-11-13-15-17-19-21-22-23-24-25-26-27-28-29-30-31-32-33-34-35-36-37-38-39-41-43-45-47-49-51-53-55-61(69)66-58(57-73-65-64(72)63(71)62(70)60(56-67)74-65)59(68)54-52-50-48-46-44-42-40-20-18-16-14-12-10-8-6-4-2/h58-60,62-65,67-68,70-72H,3-57H2,1-2H3,(H,66,69). The van der Waals surface area contributed by atoms with Crippen LogP contribution in [0.2, 0.25) is 0 Å². The number of ether oxygens (including phenoxy) is 2. The highest BCUT2D eigenvalue weighted by Gasteiger charge is 2.44. The number of carbonyl (C=O) groups is 1. The molecule has 9 nitrogen and oxygen atoms in total. The summed E-state index contributed by atoms with van der Waals surface area (Å²) in [6, 6.07) is -0.714. The molecule has 0 saturated carbocycles. The van der Waals surface area contributed by atoms with E-state index in [2.05, 4.69) is 19.2 Å². The summed E-state index contributed by atoms with van der Waals surface area (Å²) < 4.78 is 11.3. The summed E-state index contributed by atoms with van der Waals surface area (Å²) in [7, 11) is 0. The first-order valence-electron chi connectivity index (χ1n) is 33.2. The quantitative estimate of drug-likeness (QED) is 0.0330. The van der Waals surface area contributed by atoms with E-state index in [0.29, 0.717) is 12.8 Å². The van der Waals surface area contributed by atoms with Gasteiger partial charge in [-0.1, -0.05) is 335 Å². The number of aliphatic hydroxyl groups excluding tert-OH is 5. The third-order valence-corrected chi connectivity index (χ3v) is 16.5. The molecule has 0 aromatic heterocycles. The fraction of sp³-hybridized carbons (Fsp3) is 0.985. The van der Waals surface area contributed by atoms with Gasteiger partial charge in [-0.2, -0.15) is 0 Å². The smallest absolute Gasteiger partial charge is 0.220 e. The molecule has 74 heavy (non-hydrogen) atoms. The van der Waals surface area contributed by atoms with Crippen molar-refractivity contribution in [1.29, 1.82) is 0 Å². The van der Waals surface area contributed by atoms with E-state index >= 15 is 0 Å². The minimum absolute atomic E-state index is 0.131. The minimum atomic E-state index is -1.55. The lowest BCUT2D eigenvalue weighted by atomic mass is 9.99. The van der Waals surface area contributed by atoms with Crippen LogP contribution in [0.5, 0.6) is 0 Å². The van der Waals surface area contributed by atoms with Crippen LogP contribution in [0.3, 0.4) is 0 Å². The molecule has 7 atom stereocenters. The maximum atomic E-state index is 13.1. The molecule has 1 heterocycles. The molecule has 0 spiro atoms. The van der Waals surface area contributed by atoms with Gasteiger partial charge < -0.3 is 40.3 Å². The maximum absolute atomic E-state index is 13.1. The predicted octanol–water partition coefficient (Wildman–Crippen LogP) is 17.4. The zero-order valence-electron chi connectivity index (χ0n) is 49.4. The van der Waals surface area contributed by atoms with Crippen molar-refractivity contribution in [3.05, 3.63) is 0 Å². The Morgan fingerprint density at radius 1 is 0.405 bits per heavy atom. The summed E-state index contributed by atoms with van der Waals surface area (Å²) >= 11 is 0. The first kappa shape index (κ1) is 71.2. The molecule has 1 saturated heterocycles. The molecule has 9 heteroatoms. The number of amides is 1. The number of hydrogen-bond donors (Lipinski definition) is 6. The van der Waals surface area contributed by atoms with Gasteiger partial charge in [0.25, 0.3) is 0 Å². The van der Waals surface area contributed by atoms with E-state index in [-0.39, 0.29) is 12.5 Å². The summed E-state index contributed by atoms with van der Waals surface area (Å²) in [4.78, 5) is 13.1. The van der Waals surface area contributed by atoms with Crippen LogP contribution in [0, 0.1) is 0 Å². The van der Waals surface area contributed by atoms with Gasteiger partial charge in [-0.15, -0.1) is 0 Å². The average molecular weight is 1050 g/mol. The van der Waals surface area contributed by atoms with Gasteiger partial charge >= 0.3 is 0 Å². The largest absolute Gasteiger partial charge is 0.394 e. The lowest BCUT2D eigenvalue weighted by Gasteiger charge is -2.40. The Balaban J connectivity index is 2.04. The highest BCUT2D eigenvalue weighted by Crippen LogP contribution is 2.24. The van der Waals surface area contributed by atoms with Gasteiger partial charge in [0.15, 0.2) is 6.29 Å². The second-order valence-corrected chi connectivity index (χ2v) is 23.6. The highest BCUT2D eigenvalue weighted by molar-refractivity contribution is 5.76. The molecular weight excluding hydrogens is 923 g/mol. The third kappa shape index (κ3) is 44.1. The molecule has 1 rings (SSSR count). The van der Waals surface area contributed by atoms with Gasteiger partial charge in [0.1, 0.15) is 24.4 Å². The number of carbonyl (C=O) groups excluding carboxylic acids is 1. The normalized spacial score (nSPS) is 18.8. The second-order valence-electron chi connectivity index (χ2n) is 23.6. The molecule has 0 radical (unpaired) electrons. The van der Waals surface area contributed by atoms with Crippen molar-refractivity contribution in [2.24, 2.45) is 0 Å². The van der Waals surface area contributed by atoms with Gasteiger partial charge in [0.05, 0.1) is 25.4 Å². The summed E-state index contributed by atoms with van der Waals surface area (Å²) in [5.41, 5.74) is 0. The van der Waals surface area contributed by atoms with E-state index in [0.717, 1.165) is 38.5 Å². The summed E-state index contributed by atoms with van der Waals surface area (Å²) in [6.07, 6.45) is 61.8. The van der Waals surface area contributed by atoms with E-state index in [1.807, 2.05) is 0 Å². The average Bonchev–Trinajstić information content (AvgIpc) is 3.40. The number of aliphatic hydroxyl groups is 5. The molecule has 6 N–H and O–H groups in total. The number of hydrogen-bond acceptors (Lipinski definition) is 8. The van der Waals surface area contributed by atoms with E-state index in [1.54, 1.807) is 0 Å². The van der Waals surface area contributed by atoms with Crippen LogP contribution in [-0.2, 0) is 14.3 Å². The first-order chi connectivity index (χ1) is 36.3. The SMILES string of the molecule is CCCCCCCCCCCCCCCCCCCCCCCCCCCCCCCCCCCCCC(=O)NC(COC1OC(CO)C(O)C(O)C1O)C(O)CCCCCCCCCCCCCCCCCC. The molecule has 0 aromatic rings. The molecule has 442 valence electrons. The van der Waals surface area contributed by atoms with Gasteiger partial charge in [-0.25, -0.2) is 0 Å². The molecule has 1 aliphatic heterocycles. The van der Waals surface area contributed by atoms with Gasteiger partial charge in [-0.3, -0.25) is 4.79 Å². The monoisotopic (exact) mass is 1050 g/mol. The number of rotatable bonds is 59. The second kappa shape index (κ2) is 55.5. The van der Waals surface area contributed by atoms with Crippen LogP contribution in [0.25, 0.3) is 0 Å². The Bertz CT molecular complexity index is 1130. The van der Waals surface area contributed by atoms with Crippen molar-refractivity contribution >= 4 is 5.91 Å². The highest BCUT2D eigenvalue weighted by atomic mass is 16.7. The Kier molecular flexibility index (Phi) is 53.4. The van der Waals surface area contributed by atoms with Gasteiger partial charge in [0, 0.05) is 6.42 Å². The van der Waals surface area contributed by atoms with Crippen molar-refractivity contribution in [3.63, 3.8) is 0 Å². The Morgan fingerprint density at radius 3 is 0.959 bits per heavy atom. The number of unbranched alkanes of at least 4 members (excludes halogenated alkanes) is 49. The van der Waals surface area contributed by atoms with Crippen LogP contribution < -0.4 is 5.32 Å². The topological polar surface area (TPSA) is 149 Å².